The van der Waals surface area contributed by atoms with Gasteiger partial charge in [0.1, 0.15) is 12.4 Å². The predicted octanol–water partition coefficient (Wildman–Crippen LogP) is 2.64. The van der Waals surface area contributed by atoms with Gasteiger partial charge in [-0.05, 0) is 61.6 Å². The van der Waals surface area contributed by atoms with E-state index in [-0.39, 0.29) is 30.3 Å². The number of fused-ring (bicyclic) bond motifs is 3. The average molecular weight is 476 g/mol. The first-order valence-electron chi connectivity index (χ1n) is 12.4. The highest BCUT2D eigenvalue weighted by Gasteiger charge is 2.51. The summed E-state index contributed by atoms with van der Waals surface area (Å²) in [5.41, 5.74) is 2.57. The maximum Gasteiger partial charge on any atom is 0.244 e. The zero-order valence-corrected chi connectivity index (χ0v) is 20.6. The van der Waals surface area contributed by atoms with Crippen molar-refractivity contribution in [2.45, 2.75) is 57.9 Å². The molecule has 3 aliphatic rings. The summed E-state index contributed by atoms with van der Waals surface area (Å²) >= 11 is 0. The molecule has 1 aromatic heterocycles. The van der Waals surface area contributed by atoms with Gasteiger partial charge in [-0.3, -0.25) is 14.4 Å². The van der Waals surface area contributed by atoms with Crippen molar-refractivity contribution in [2.24, 2.45) is 5.41 Å². The van der Waals surface area contributed by atoms with E-state index in [4.69, 9.17) is 0 Å². The van der Waals surface area contributed by atoms with Gasteiger partial charge in [-0.15, -0.1) is 0 Å². The van der Waals surface area contributed by atoms with E-state index in [2.05, 4.69) is 20.9 Å². The largest absolute Gasteiger partial charge is 0.329 e. The Hall–Kier alpha value is -3.26. The van der Waals surface area contributed by atoms with Crippen LogP contribution in [0.1, 0.15) is 50.3 Å². The summed E-state index contributed by atoms with van der Waals surface area (Å²) in [5.74, 6) is 0.385. The molecule has 2 atom stereocenters. The van der Waals surface area contributed by atoms with Gasteiger partial charge in [0, 0.05) is 35.4 Å². The van der Waals surface area contributed by atoms with Crippen molar-refractivity contribution >= 4 is 29.2 Å². The van der Waals surface area contributed by atoms with Crippen molar-refractivity contribution in [3.8, 4) is 0 Å². The Morgan fingerprint density at radius 2 is 2.00 bits per heavy atom. The van der Waals surface area contributed by atoms with E-state index >= 15 is 0 Å². The van der Waals surface area contributed by atoms with E-state index < -0.39 is 10.8 Å². The van der Waals surface area contributed by atoms with E-state index in [1.165, 1.54) is 0 Å². The standard InChI is InChI=1S/C27H33N5O3/c1-26(2,3)25(35)32(20-6-4-10-28-15-20)16-22(33)30-19-9-8-17-13-27(14-18(17)12-19)21-7-5-11-29-23(21)31-24(27)34/h5,7-9,11-12,20,28H,4,6,10,13-16H2,1-3H3,(H,30,33)(H,29,31,34)/t20-,27-/m1/s1. The fourth-order valence-electron chi connectivity index (χ4n) is 5.60. The van der Waals surface area contributed by atoms with Crippen LogP contribution in [0.25, 0.3) is 0 Å². The molecule has 1 aromatic carbocycles. The first kappa shape index (κ1) is 23.5. The number of benzene rings is 1. The topological polar surface area (TPSA) is 103 Å². The smallest absolute Gasteiger partial charge is 0.244 e. The zero-order chi connectivity index (χ0) is 24.8. The van der Waals surface area contributed by atoms with Gasteiger partial charge in [0.15, 0.2) is 0 Å². The van der Waals surface area contributed by atoms with Gasteiger partial charge in [-0.2, -0.15) is 0 Å². The quantitative estimate of drug-likeness (QED) is 0.631. The number of carbonyl (C=O) groups excluding carboxylic acids is 3. The molecule has 0 bridgehead atoms. The Bertz CT molecular complexity index is 1180. The number of rotatable bonds is 4. The monoisotopic (exact) mass is 475 g/mol. The molecular weight excluding hydrogens is 442 g/mol. The number of nitrogens with one attached hydrogen (secondary N) is 3. The Morgan fingerprint density at radius 3 is 2.74 bits per heavy atom. The fraction of sp³-hybridized carbons (Fsp3) is 0.481. The summed E-state index contributed by atoms with van der Waals surface area (Å²) < 4.78 is 0. The average Bonchev–Trinajstić information content (AvgIpc) is 3.34. The highest BCUT2D eigenvalue weighted by atomic mass is 16.2. The van der Waals surface area contributed by atoms with Crippen molar-refractivity contribution < 1.29 is 14.4 Å². The van der Waals surface area contributed by atoms with E-state index in [0.29, 0.717) is 30.9 Å². The lowest BCUT2D eigenvalue weighted by Gasteiger charge is -2.37. The fourth-order valence-corrected chi connectivity index (χ4v) is 5.60. The second-order valence-electron chi connectivity index (χ2n) is 11.0. The molecule has 1 aliphatic carbocycles. The number of hydrogen-bond donors (Lipinski definition) is 3. The minimum Gasteiger partial charge on any atom is -0.329 e. The van der Waals surface area contributed by atoms with Crippen LogP contribution in [-0.4, -0.2) is 53.3 Å². The molecule has 2 aliphatic heterocycles. The molecule has 0 unspecified atom stereocenters. The molecule has 3 heterocycles. The number of carbonyl (C=O) groups is 3. The Morgan fingerprint density at radius 1 is 1.20 bits per heavy atom. The number of hydrogen-bond acceptors (Lipinski definition) is 5. The lowest BCUT2D eigenvalue weighted by atomic mass is 9.79. The van der Waals surface area contributed by atoms with Gasteiger partial charge in [-0.1, -0.05) is 32.9 Å². The second kappa shape index (κ2) is 8.75. The van der Waals surface area contributed by atoms with E-state index in [0.717, 1.165) is 36.1 Å². The number of nitrogens with zero attached hydrogens (tertiary/aromatic N) is 2. The molecule has 0 radical (unpaired) electrons. The third-order valence-electron chi connectivity index (χ3n) is 7.39. The lowest BCUT2D eigenvalue weighted by molar-refractivity contribution is -0.144. The Balaban J connectivity index is 1.31. The molecule has 2 aromatic rings. The van der Waals surface area contributed by atoms with Crippen LogP contribution < -0.4 is 16.0 Å². The summed E-state index contributed by atoms with van der Waals surface area (Å²) in [4.78, 5) is 45.2. The van der Waals surface area contributed by atoms with Crippen LogP contribution in [0.15, 0.2) is 36.5 Å². The van der Waals surface area contributed by atoms with Crippen LogP contribution in [0, 0.1) is 5.41 Å². The van der Waals surface area contributed by atoms with Crippen LogP contribution in [0.3, 0.4) is 0 Å². The summed E-state index contributed by atoms with van der Waals surface area (Å²) in [5, 5.41) is 9.26. The molecule has 1 fully saturated rings. The van der Waals surface area contributed by atoms with Gasteiger partial charge in [-0.25, -0.2) is 4.98 Å². The second-order valence-corrected chi connectivity index (χ2v) is 11.0. The first-order chi connectivity index (χ1) is 16.7. The lowest BCUT2D eigenvalue weighted by Crippen LogP contribution is -2.54. The van der Waals surface area contributed by atoms with Crippen molar-refractivity contribution in [1.29, 1.82) is 0 Å². The van der Waals surface area contributed by atoms with Gasteiger partial charge in [0.05, 0.1) is 5.41 Å². The van der Waals surface area contributed by atoms with Crippen LogP contribution in [0.4, 0.5) is 11.5 Å². The highest BCUT2D eigenvalue weighted by molar-refractivity contribution is 6.06. The number of aromatic nitrogens is 1. The summed E-state index contributed by atoms with van der Waals surface area (Å²) in [6.45, 7) is 7.33. The predicted molar refractivity (Wildman–Crippen MR) is 134 cm³/mol. The highest BCUT2D eigenvalue weighted by Crippen LogP contribution is 2.46. The molecule has 8 nitrogen and oxygen atoms in total. The number of pyridine rings is 1. The summed E-state index contributed by atoms with van der Waals surface area (Å²) in [6, 6.07) is 9.67. The summed E-state index contributed by atoms with van der Waals surface area (Å²) in [6.07, 6.45) is 4.74. The molecule has 1 spiro atoms. The normalized spacial score (nSPS) is 22.9. The molecule has 184 valence electrons. The van der Waals surface area contributed by atoms with Gasteiger partial charge >= 0.3 is 0 Å². The van der Waals surface area contributed by atoms with Crippen LogP contribution in [0.5, 0.6) is 0 Å². The van der Waals surface area contributed by atoms with Crippen LogP contribution in [-0.2, 0) is 32.6 Å². The molecule has 3 N–H and O–H groups in total. The van der Waals surface area contributed by atoms with Gasteiger partial charge in [0.2, 0.25) is 17.7 Å². The molecule has 5 rings (SSSR count). The Labute approximate surface area is 205 Å². The third-order valence-corrected chi connectivity index (χ3v) is 7.39. The first-order valence-corrected chi connectivity index (χ1v) is 12.4. The number of anilines is 2. The van der Waals surface area contributed by atoms with Gasteiger partial charge in [0.25, 0.3) is 0 Å². The maximum atomic E-state index is 13.2. The van der Waals surface area contributed by atoms with Gasteiger partial charge < -0.3 is 20.9 Å². The third kappa shape index (κ3) is 4.31. The molecule has 1 saturated heterocycles. The van der Waals surface area contributed by atoms with Crippen molar-refractivity contribution in [1.82, 2.24) is 15.2 Å². The number of piperidine rings is 1. The zero-order valence-electron chi connectivity index (χ0n) is 20.6. The van der Waals surface area contributed by atoms with Crippen molar-refractivity contribution in [3.63, 3.8) is 0 Å². The molecule has 3 amide bonds. The van der Waals surface area contributed by atoms with E-state index in [1.54, 1.807) is 11.1 Å². The molecular formula is C27H33N5O3. The number of amides is 3. The van der Waals surface area contributed by atoms with E-state index in [1.807, 2.05) is 51.1 Å². The van der Waals surface area contributed by atoms with Crippen LogP contribution in [0.2, 0.25) is 0 Å². The van der Waals surface area contributed by atoms with Crippen LogP contribution >= 0.6 is 0 Å². The minimum absolute atomic E-state index is 0.00987. The molecule has 0 saturated carbocycles. The maximum absolute atomic E-state index is 13.2. The summed E-state index contributed by atoms with van der Waals surface area (Å²) in [7, 11) is 0. The molecule has 8 heteroatoms. The molecule has 35 heavy (non-hydrogen) atoms. The van der Waals surface area contributed by atoms with Crippen molar-refractivity contribution in [2.75, 3.05) is 30.3 Å². The SMILES string of the molecule is CC(C)(C)C(=O)N(CC(=O)Nc1ccc2c(c1)C[C@@]1(C2)C(=O)Nc2ncccc21)[C@@H]1CCCNC1. The minimum atomic E-state index is -0.640. The van der Waals surface area contributed by atoms with E-state index in [9.17, 15) is 14.4 Å². The van der Waals surface area contributed by atoms with Crippen molar-refractivity contribution in [3.05, 3.63) is 53.2 Å². The Kier molecular flexibility index (Phi) is 5.87.